The zero-order valence-corrected chi connectivity index (χ0v) is 10.7. The number of hydrogen-bond donors (Lipinski definition) is 1. The Labute approximate surface area is 98.8 Å². The van der Waals surface area contributed by atoms with E-state index in [2.05, 4.69) is 32.9 Å². The number of benzene rings is 1. The van der Waals surface area contributed by atoms with Gasteiger partial charge in [-0.3, -0.25) is 0 Å². The smallest absolute Gasteiger partial charge is 0.122 e. The molecule has 0 amide bonds. The van der Waals surface area contributed by atoms with Gasteiger partial charge in [0.2, 0.25) is 0 Å². The number of rotatable bonds is 6. The Hall–Kier alpha value is -1.02. The van der Waals surface area contributed by atoms with Gasteiger partial charge in [0.25, 0.3) is 0 Å². The van der Waals surface area contributed by atoms with Gasteiger partial charge in [-0.25, -0.2) is 0 Å². The number of aryl methyl sites for hydroxylation is 2. The standard InChI is InChI=1S/C14H23NO/c1-11-9-12(2)13(3)14(10-11)16-8-6-4-5-7-15/h9-10H,4-8,15H2,1-3H3. The van der Waals surface area contributed by atoms with Crippen LogP contribution in [0.1, 0.15) is 36.0 Å². The molecule has 16 heavy (non-hydrogen) atoms. The maximum Gasteiger partial charge on any atom is 0.122 e. The molecule has 2 heteroatoms. The fraction of sp³-hybridized carbons (Fsp3) is 0.571. The lowest BCUT2D eigenvalue weighted by molar-refractivity contribution is 0.303. The van der Waals surface area contributed by atoms with E-state index in [0.29, 0.717) is 0 Å². The predicted octanol–water partition coefficient (Wildman–Crippen LogP) is 3.12. The molecule has 0 aliphatic rings. The highest BCUT2D eigenvalue weighted by Crippen LogP contribution is 2.23. The normalized spacial score (nSPS) is 10.5. The summed E-state index contributed by atoms with van der Waals surface area (Å²) in [7, 11) is 0. The zero-order chi connectivity index (χ0) is 12.0. The van der Waals surface area contributed by atoms with E-state index in [1.807, 2.05) is 0 Å². The summed E-state index contributed by atoms with van der Waals surface area (Å²) in [5.74, 6) is 1.03. The molecule has 2 N–H and O–H groups in total. The molecular weight excluding hydrogens is 198 g/mol. The van der Waals surface area contributed by atoms with E-state index in [9.17, 15) is 0 Å². The molecule has 0 bridgehead atoms. The summed E-state index contributed by atoms with van der Waals surface area (Å²) in [6, 6.07) is 4.31. The molecule has 0 aliphatic heterocycles. The minimum atomic E-state index is 0.780. The Morgan fingerprint density at radius 1 is 1.06 bits per heavy atom. The van der Waals surface area contributed by atoms with Gasteiger partial charge >= 0.3 is 0 Å². The van der Waals surface area contributed by atoms with Crippen LogP contribution in [0.4, 0.5) is 0 Å². The molecule has 0 unspecified atom stereocenters. The second kappa shape index (κ2) is 6.54. The van der Waals surface area contributed by atoms with E-state index >= 15 is 0 Å². The topological polar surface area (TPSA) is 35.2 Å². The van der Waals surface area contributed by atoms with Gasteiger partial charge in [0.15, 0.2) is 0 Å². The maximum atomic E-state index is 5.80. The van der Waals surface area contributed by atoms with Crippen LogP contribution in [-0.2, 0) is 0 Å². The van der Waals surface area contributed by atoms with Crippen LogP contribution in [0, 0.1) is 20.8 Å². The summed E-state index contributed by atoms with van der Waals surface area (Å²) in [5, 5.41) is 0. The van der Waals surface area contributed by atoms with E-state index < -0.39 is 0 Å². The van der Waals surface area contributed by atoms with Crippen LogP contribution in [0.5, 0.6) is 5.75 Å². The van der Waals surface area contributed by atoms with E-state index in [1.54, 1.807) is 0 Å². The first-order chi connectivity index (χ1) is 7.65. The van der Waals surface area contributed by atoms with E-state index in [-0.39, 0.29) is 0 Å². The molecule has 2 nitrogen and oxygen atoms in total. The second-order valence-corrected chi connectivity index (χ2v) is 4.40. The van der Waals surface area contributed by atoms with Gasteiger partial charge in [0.05, 0.1) is 6.61 Å². The van der Waals surface area contributed by atoms with Crippen molar-refractivity contribution in [2.24, 2.45) is 5.73 Å². The largest absolute Gasteiger partial charge is 0.493 e. The van der Waals surface area contributed by atoms with Crippen LogP contribution >= 0.6 is 0 Å². The first-order valence-corrected chi connectivity index (χ1v) is 6.06. The fourth-order valence-electron chi connectivity index (χ4n) is 1.76. The molecule has 90 valence electrons. The maximum absolute atomic E-state index is 5.80. The van der Waals surface area contributed by atoms with Crippen molar-refractivity contribution in [2.45, 2.75) is 40.0 Å². The van der Waals surface area contributed by atoms with Crippen molar-refractivity contribution < 1.29 is 4.74 Å². The van der Waals surface area contributed by atoms with Gasteiger partial charge < -0.3 is 10.5 Å². The van der Waals surface area contributed by atoms with Crippen LogP contribution in [-0.4, -0.2) is 13.2 Å². The molecule has 1 aromatic carbocycles. The lowest BCUT2D eigenvalue weighted by Gasteiger charge is -2.12. The van der Waals surface area contributed by atoms with Crippen molar-refractivity contribution in [1.29, 1.82) is 0 Å². The van der Waals surface area contributed by atoms with Gasteiger partial charge in [-0.05, 0) is 69.3 Å². The third-order valence-electron chi connectivity index (χ3n) is 2.87. The minimum absolute atomic E-state index is 0.780. The van der Waals surface area contributed by atoms with Crippen LogP contribution in [0.25, 0.3) is 0 Å². The van der Waals surface area contributed by atoms with E-state index in [4.69, 9.17) is 10.5 Å². The molecule has 0 saturated heterocycles. The highest BCUT2D eigenvalue weighted by atomic mass is 16.5. The summed E-state index contributed by atoms with van der Waals surface area (Å²) in [4.78, 5) is 0. The summed E-state index contributed by atoms with van der Waals surface area (Å²) in [6.07, 6.45) is 3.33. The van der Waals surface area contributed by atoms with Gasteiger partial charge in [0, 0.05) is 0 Å². The SMILES string of the molecule is Cc1cc(C)c(C)c(OCCCCCN)c1. The number of nitrogens with two attached hydrogens (primary N) is 1. The van der Waals surface area contributed by atoms with Crippen LogP contribution in [0.2, 0.25) is 0 Å². The Balaban J connectivity index is 2.47. The van der Waals surface area contributed by atoms with Crippen LogP contribution in [0.15, 0.2) is 12.1 Å². The average molecular weight is 221 g/mol. The Bertz CT molecular complexity index is 334. The first-order valence-electron chi connectivity index (χ1n) is 6.06. The van der Waals surface area contributed by atoms with Crippen molar-refractivity contribution >= 4 is 0 Å². The molecule has 1 aromatic rings. The first kappa shape index (κ1) is 13.0. The van der Waals surface area contributed by atoms with Crippen molar-refractivity contribution in [3.05, 3.63) is 28.8 Å². The van der Waals surface area contributed by atoms with Crippen molar-refractivity contribution in [3.63, 3.8) is 0 Å². The van der Waals surface area contributed by atoms with Gasteiger partial charge in [-0.2, -0.15) is 0 Å². The van der Waals surface area contributed by atoms with Crippen LogP contribution < -0.4 is 10.5 Å². The minimum Gasteiger partial charge on any atom is -0.493 e. The highest BCUT2D eigenvalue weighted by Gasteiger charge is 2.03. The molecular formula is C14H23NO. The molecule has 1 rings (SSSR count). The van der Waals surface area contributed by atoms with Gasteiger partial charge in [-0.15, -0.1) is 0 Å². The van der Waals surface area contributed by atoms with E-state index in [0.717, 1.165) is 38.2 Å². The third-order valence-corrected chi connectivity index (χ3v) is 2.87. The lowest BCUT2D eigenvalue weighted by atomic mass is 10.1. The highest BCUT2D eigenvalue weighted by molar-refractivity contribution is 5.41. The average Bonchev–Trinajstić information content (AvgIpc) is 2.24. The molecule has 0 aliphatic carbocycles. The molecule has 0 aromatic heterocycles. The summed E-state index contributed by atoms with van der Waals surface area (Å²) in [5.41, 5.74) is 9.27. The van der Waals surface area contributed by atoms with Gasteiger partial charge in [0.1, 0.15) is 5.75 Å². The monoisotopic (exact) mass is 221 g/mol. The zero-order valence-electron chi connectivity index (χ0n) is 10.7. The van der Waals surface area contributed by atoms with E-state index in [1.165, 1.54) is 16.7 Å². The summed E-state index contributed by atoms with van der Waals surface area (Å²) >= 11 is 0. The van der Waals surface area contributed by atoms with Crippen molar-refractivity contribution in [2.75, 3.05) is 13.2 Å². The Morgan fingerprint density at radius 2 is 1.81 bits per heavy atom. The second-order valence-electron chi connectivity index (χ2n) is 4.40. The molecule has 0 saturated carbocycles. The number of ether oxygens (including phenoxy) is 1. The quantitative estimate of drug-likeness (QED) is 0.749. The number of hydrogen-bond acceptors (Lipinski definition) is 2. The molecule has 0 heterocycles. The predicted molar refractivity (Wildman–Crippen MR) is 69.1 cm³/mol. The lowest BCUT2D eigenvalue weighted by Crippen LogP contribution is -2.03. The Kier molecular flexibility index (Phi) is 5.33. The molecule has 0 atom stereocenters. The number of unbranched alkanes of at least 4 members (excludes halogenated alkanes) is 2. The Morgan fingerprint density at radius 3 is 2.50 bits per heavy atom. The molecule has 0 spiro atoms. The van der Waals surface area contributed by atoms with Gasteiger partial charge in [-0.1, -0.05) is 6.07 Å². The summed E-state index contributed by atoms with van der Waals surface area (Å²) < 4.78 is 5.80. The van der Waals surface area contributed by atoms with Crippen molar-refractivity contribution in [3.8, 4) is 5.75 Å². The summed E-state index contributed by atoms with van der Waals surface area (Å²) in [6.45, 7) is 7.92. The third kappa shape index (κ3) is 3.86. The fourth-order valence-corrected chi connectivity index (χ4v) is 1.76. The molecule has 0 radical (unpaired) electrons. The van der Waals surface area contributed by atoms with Crippen LogP contribution in [0.3, 0.4) is 0 Å². The molecule has 0 fully saturated rings. The van der Waals surface area contributed by atoms with Crippen molar-refractivity contribution in [1.82, 2.24) is 0 Å².